The van der Waals surface area contributed by atoms with Crippen LogP contribution < -0.4 is 5.73 Å². The summed E-state index contributed by atoms with van der Waals surface area (Å²) in [6, 6.07) is 14.7. The Morgan fingerprint density at radius 2 is 1.73 bits per heavy atom. The molecule has 3 N–H and O–H groups in total. The number of carbonyl (C=O) groups excluding carboxylic acids is 3. The summed E-state index contributed by atoms with van der Waals surface area (Å²) in [5, 5.41) is 1.05. The third-order valence-corrected chi connectivity index (χ3v) is 7.20. The summed E-state index contributed by atoms with van der Waals surface area (Å²) in [4.78, 5) is 45.6. The molecule has 0 saturated carbocycles. The van der Waals surface area contributed by atoms with Gasteiger partial charge in [-0.15, -0.1) is 0 Å². The van der Waals surface area contributed by atoms with Crippen LogP contribution in [0.25, 0.3) is 10.9 Å². The molecule has 0 radical (unpaired) electrons. The second-order valence-electron chi connectivity index (χ2n) is 9.09. The number of nitrogens with zero attached hydrogens (tertiary/aromatic N) is 2. The lowest BCUT2D eigenvalue weighted by atomic mass is 9.94. The van der Waals surface area contributed by atoms with Crippen molar-refractivity contribution in [2.45, 2.75) is 38.8 Å². The minimum Gasteiger partial charge on any atom is -0.369 e. The number of aryl methyl sites for hydroxylation is 1. The van der Waals surface area contributed by atoms with Gasteiger partial charge in [0.1, 0.15) is 6.04 Å². The number of para-hydroxylation sites is 1. The molecule has 2 atom stereocenters. The Labute approximate surface area is 192 Å². The van der Waals surface area contributed by atoms with Crippen molar-refractivity contribution in [1.29, 1.82) is 0 Å². The number of aromatic nitrogens is 1. The Balaban J connectivity index is 1.53. The van der Waals surface area contributed by atoms with Gasteiger partial charge in [-0.25, -0.2) is 0 Å². The van der Waals surface area contributed by atoms with Crippen molar-refractivity contribution >= 4 is 28.6 Å². The molecule has 1 aromatic heterocycles. The number of aromatic amines is 1. The number of amides is 3. The molecular weight excluding hydrogens is 416 g/mol. The number of nitrogens with one attached hydrogen (secondary N) is 1. The van der Waals surface area contributed by atoms with Crippen LogP contribution in [0, 0.1) is 12.8 Å². The molecule has 7 nitrogen and oxygen atoms in total. The van der Waals surface area contributed by atoms with Crippen LogP contribution >= 0.6 is 0 Å². The highest BCUT2D eigenvalue weighted by molar-refractivity contribution is 6.03. The second kappa shape index (κ2) is 8.06. The number of likely N-dealkylation sites (tertiary alicyclic amines) is 1. The number of piperidine rings is 1. The molecule has 3 amide bonds. The highest BCUT2D eigenvalue weighted by atomic mass is 16.2. The molecule has 0 aliphatic carbocycles. The van der Waals surface area contributed by atoms with E-state index < -0.39 is 6.04 Å². The van der Waals surface area contributed by atoms with Crippen LogP contribution in [0.1, 0.15) is 53.0 Å². The fraction of sp³-hybridized carbons (Fsp3) is 0.346. The summed E-state index contributed by atoms with van der Waals surface area (Å²) >= 11 is 0. The predicted octanol–water partition coefficient (Wildman–Crippen LogP) is 3.13. The van der Waals surface area contributed by atoms with E-state index in [1.807, 2.05) is 56.3 Å². The Morgan fingerprint density at radius 1 is 1.06 bits per heavy atom. The summed E-state index contributed by atoms with van der Waals surface area (Å²) in [7, 11) is 0. The molecule has 3 aromatic rings. The van der Waals surface area contributed by atoms with Gasteiger partial charge in [-0.05, 0) is 44.4 Å². The van der Waals surface area contributed by atoms with Gasteiger partial charge in [0.25, 0.3) is 5.91 Å². The average molecular weight is 445 g/mol. The van der Waals surface area contributed by atoms with Crippen molar-refractivity contribution in [1.82, 2.24) is 14.8 Å². The van der Waals surface area contributed by atoms with Gasteiger partial charge in [-0.3, -0.25) is 14.4 Å². The molecule has 1 saturated heterocycles. The van der Waals surface area contributed by atoms with Crippen molar-refractivity contribution in [2.75, 3.05) is 13.1 Å². The number of rotatable bonds is 4. The second-order valence-corrected chi connectivity index (χ2v) is 9.09. The summed E-state index contributed by atoms with van der Waals surface area (Å²) < 4.78 is 0. The van der Waals surface area contributed by atoms with Gasteiger partial charge >= 0.3 is 0 Å². The molecular formula is C26H28N4O3. The van der Waals surface area contributed by atoms with Gasteiger partial charge in [0.05, 0.1) is 6.04 Å². The number of hydrogen-bond donors (Lipinski definition) is 2. The van der Waals surface area contributed by atoms with Gasteiger partial charge in [0.2, 0.25) is 11.8 Å². The average Bonchev–Trinajstić information content (AvgIpc) is 3.31. The number of primary amides is 1. The molecule has 170 valence electrons. The lowest BCUT2D eigenvalue weighted by molar-refractivity contribution is -0.139. The van der Waals surface area contributed by atoms with Crippen molar-refractivity contribution in [2.24, 2.45) is 11.7 Å². The van der Waals surface area contributed by atoms with Crippen LogP contribution in [-0.2, 0) is 9.59 Å². The smallest absolute Gasteiger partial charge is 0.255 e. The maximum Gasteiger partial charge on any atom is 0.255 e. The lowest BCUT2D eigenvalue weighted by Crippen LogP contribution is -2.51. The molecule has 2 aliphatic heterocycles. The molecule has 3 heterocycles. The van der Waals surface area contributed by atoms with E-state index in [2.05, 4.69) is 11.1 Å². The zero-order chi connectivity index (χ0) is 23.3. The standard InChI is InChI=1S/C26H28N4O3/c1-15-22(20-9-5-6-10-21(20)28-15)23-18-7-3-4-8-19(18)26(33)30(23)16(2)25(32)29-13-11-17(12-14-29)24(27)31/h3-10,16-17,23,28H,11-14H2,1-2H3,(H2,27,31). The van der Waals surface area contributed by atoms with E-state index in [9.17, 15) is 14.4 Å². The highest BCUT2D eigenvalue weighted by Gasteiger charge is 2.44. The molecule has 0 bridgehead atoms. The maximum atomic E-state index is 13.6. The van der Waals surface area contributed by atoms with Gasteiger partial charge in [-0.2, -0.15) is 0 Å². The zero-order valence-corrected chi connectivity index (χ0v) is 18.9. The van der Waals surface area contributed by atoms with E-state index in [-0.39, 0.29) is 29.7 Å². The Hall–Kier alpha value is -3.61. The number of carbonyl (C=O) groups is 3. The molecule has 2 aromatic carbocycles. The third-order valence-electron chi connectivity index (χ3n) is 7.20. The predicted molar refractivity (Wildman–Crippen MR) is 125 cm³/mol. The first-order chi connectivity index (χ1) is 15.9. The van der Waals surface area contributed by atoms with Crippen molar-refractivity contribution < 1.29 is 14.4 Å². The zero-order valence-electron chi connectivity index (χ0n) is 18.9. The van der Waals surface area contributed by atoms with Crippen molar-refractivity contribution in [3.05, 3.63) is 70.9 Å². The van der Waals surface area contributed by atoms with Gasteiger partial charge in [0, 0.05) is 46.7 Å². The van der Waals surface area contributed by atoms with Crippen LogP contribution in [0.15, 0.2) is 48.5 Å². The fourth-order valence-electron chi connectivity index (χ4n) is 5.45. The Bertz CT molecular complexity index is 1260. The van der Waals surface area contributed by atoms with Gasteiger partial charge < -0.3 is 20.5 Å². The third kappa shape index (κ3) is 3.39. The highest BCUT2D eigenvalue weighted by Crippen LogP contribution is 2.44. The van der Waals surface area contributed by atoms with E-state index in [0.717, 1.165) is 27.7 Å². The van der Waals surface area contributed by atoms with Gasteiger partial charge in [-0.1, -0.05) is 36.4 Å². The van der Waals surface area contributed by atoms with Crippen LogP contribution in [0.3, 0.4) is 0 Å². The van der Waals surface area contributed by atoms with Crippen LogP contribution in [0.5, 0.6) is 0 Å². The number of benzene rings is 2. The number of H-pyrrole nitrogens is 1. The van der Waals surface area contributed by atoms with Crippen LogP contribution in [-0.4, -0.2) is 51.6 Å². The molecule has 33 heavy (non-hydrogen) atoms. The number of nitrogens with two attached hydrogens (primary N) is 1. The minimum atomic E-state index is -0.645. The quantitative estimate of drug-likeness (QED) is 0.647. The molecule has 2 aliphatic rings. The summed E-state index contributed by atoms with van der Waals surface area (Å²) in [5.41, 5.74) is 10.0. The summed E-state index contributed by atoms with van der Waals surface area (Å²) in [6.45, 7) is 4.77. The topological polar surface area (TPSA) is 99.5 Å². The van der Waals surface area contributed by atoms with E-state index in [4.69, 9.17) is 5.73 Å². The molecule has 0 spiro atoms. The van der Waals surface area contributed by atoms with Crippen molar-refractivity contribution in [3.63, 3.8) is 0 Å². The Morgan fingerprint density at radius 3 is 2.45 bits per heavy atom. The summed E-state index contributed by atoms with van der Waals surface area (Å²) in [5.74, 6) is -0.728. The van der Waals surface area contributed by atoms with Crippen LogP contribution in [0.2, 0.25) is 0 Å². The first-order valence-electron chi connectivity index (χ1n) is 11.5. The van der Waals surface area contributed by atoms with Crippen LogP contribution in [0.4, 0.5) is 0 Å². The van der Waals surface area contributed by atoms with E-state index in [1.54, 1.807) is 9.80 Å². The normalized spacial score (nSPS) is 19.7. The fourth-order valence-corrected chi connectivity index (χ4v) is 5.45. The van der Waals surface area contributed by atoms with E-state index >= 15 is 0 Å². The van der Waals surface area contributed by atoms with E-state index in [1.165, 1.54) is 0 Å². The van der Waals surface area contributed by atoms with Crippen molar-refractivity contribution in [3.8, 4) is 0 Å². The number of fused-ring (bicyclic) bond motifs is 2. The SMILES string of the molecule is Cc1[nH]c2ccccc2c1C1c2ccccc2C(=O)N1C(C)C(=O)N1CCC(C(N)=O)CC1. The monoisotopic (exact) mass is 444 g/mol. The maximum absolute atomic E-state index is 13.6. The lowest BCUT2D eigenvalue weighted by Gasteiger charge is -2.37. The van der Waals surface area contributed by atoms with E-state index in [0.29, 0.717) is 31.5 Å². The Kier molecular flexibility index (Phi) is 5.19. The minimum absolute atomic E-state index is 0.0958. The largest absolute Gasteiger partial charge is 0.369 e. The number of hydrogen-bond acceptors (Lipinski definition) is 3. The molecule has 7 heteroatoms. The molecule has 1 fully saturated rings. The first kappa shape index (κ1) is 21.2. The first-order valence-corrected chi connectivity index (χ1v) is 11.5. The molecule has 2 unspecified atom stereocenters. The van der Waals surface area contributed by atoms with Gasteiger partial charge in [0.15, 0.2) is 0 Å². The molecule has 5 rings (SSSR count). The summed E-state index contributed by atoms with van der Waals surface area (Å²) in [6.07, 6.45) is 1.12.